The normalized spacial score (nSPS) is 21.6. The molecule has 0 bridgehead atoms. The third-order valence-corrected chi connectivity index (χ3v) is 3.92. The minimum atomic E-state index is -0.484. The smallest absolute Gasteiger partial charge is 0.407 e. The zero-order valence-electron chi connectivity index (χ0n) is 14.4. The van der Waals surface area contributed by atoms with E-state index in [9.17, 15) is 9.18 Å². The van der Waals surface area contributed by atoms with Crippen molar-refractivity contribution in [1.29, 1.82) is 0 Å². The highest BCUT2D eigenvalue weighted by molar-refractivity contribution is 5.68. The highest BCUT2D eigenvalue weighted by Gasteiger charge is 2.25. The maximum atomic E-state index is 13.3. The third-order valence-electron chi connectivity index (χ3n) is 3.92. The molecular formula is C18H27FN2O2. The van der Waals surface area contributed by atoms with E-state index in [2.05, 4.69) is 10.6 Å². The Morgan fingerprint density at radius 2 is 1.96 bits per heavy atom. The van der Waals surface area contributed by atoms with Crippen LogP contribution in [0, 0.1) is 12.7 Å². The predicted molar refractivity (Wildman–Crippen MR) is 90.2 cm³/mol. The van der Waals surface area contributed by atoms with E-state index in [-0.39, 0.29) is 24.0 Å². The highest BCUT2D eigenvalue weighted by Crippen LogP contribution is 2.23. The lowest BCUT2D eigenvalue weighted by Crippen LogP contribution is -2.43. The molecule has 128 valence electrons. The number of amides is 1. The number of halogens is 1. The van der Waals surface area contributed by atoms with Gasteiger partial charge in [0.1, 0.15) is 11.4 Å². The van der Waals surface area contributed by atoms with E-state index < -0.39 is 5.60 Å². The number of carbonyl (C=O) groups excluding carboxylic acids is 1. The molecule has 23 heavy (non-hydrogen) atoms. The SMILES string of the molecule is Cc1cc(NC2CCCC(NC(=O)OC(C)(C)C)C2)ccc1F. The highest BCUT2D eigenvalue weighted by atomic mass is 19.1. The van der Waals surface area contributed by atoms with E-state index in [1.807, 2.05) is 26.8 Å². The fraction of sp³-hybridized carbons (Fsp3) is 0.611. The van der Waals surface area contributed by atoms with Crippen LogP contribution in [0.15, 0.2) is 18.2 Å². The lowest BCUT2D eigenvalue weighted by Gasteiger charge is -2.31. The van der Waals surface area contributed by atoms with Gasteiger partial charge in [-0.05, 0) is 77.1 Å². The van der Waals surface area contributed by atoms with Crippen molar-refractivity contribution >= 4 is 11.8 Å². The molecule has 0 radical (unpaired) electrons. The van der Waals surface area contributed by atoms with Gasteiger partial charge in [0, 0.05) is 17.8 Å². The first kappa shape index (κ1) is 17.6. The van der Waals surface area contributed by atoms with Crippen molar-refractivity contribution in [3.8, 4) is 0 Å². The molecule has 1 saturated carbocycles. The molecule has 2 rings (SSSR count). The largest absolute Gasteiger partial charge is 0.444 e. The van der Waals surface area contributed by atoms with E-state index in [1.165, 1.54) is 6.07 Å². The predicted octanol–water partition coefficient (Wildman–Crippen LogP) is 4.38. The Labute approximate surface area is 137 Å². The second-order valence-corrected chi connectivity index (χ2v) is 7.31. The molecule has 4 nitrogen and oxygen atoms in total. The summed E-state index contributed by atoms with van der Waals surface area (Å²) in [4.78, 5) is 11.9. The summed E-state index contributed by atoms with van der Waals surface area (Å²) in [7, 11) is 0. The quantitative estimate of drug-likeness (QED) is 0.868. The van der Waals surface area contributed by atoms with Gasteiger partial charge in [0.25, 0.3) is 0 Å². The maximum Gasteiger partial charge on any atom is 0.407 e. The van der Waals surface area contributed by atoms with Crippen molar-refractivity contribution in [2.45, 2.75) is 71.1 Å². The number of hydrogen-bond donors (Lipinski definition) is 2. The number of carbonyl (C=O) groups is 1. The number of aryl methyl sites for hydroxylation is 1. The molecule has 2 N–H and O–H groups in total. The minimum absolute atomic E-state index is 0.109. The molecule has 1 aromatic carbocycles. The summed E-state index contributed by atoms with van der Waals surface area (Å²) in [5.74, 6) is -0.191. The lowest BCUT2D eigenvalue weighted by molar-refractivity contribution is 0.0492. The summed E-state index contributed by atoms with van der Waals surface area (Å²) in [6.45, 7) is 7.33. The average molecular weight is 322 g/mol. The molecule has 0 spiro atoms. The van der Waals surface area contributed by atoms with Crippen molar-refractivity contribution < 1.29 is 13.9 Å². The van der Waals surface area contributed by atoms with Gasteiger partial charge in [-0.1, -0.05) is 0 Å². The van der Waals surface area contributed by atoms with Crippen LogP contribution < -0.4 is 10.6 Å². The zero-order valence-corrected chi connectivity index (χ0v) is 14.4. The van der Waals surface area contributed by atoms with Crippen molar-refractivity contribution in [3.05, 3.63) is 29.6 Å². The molecule has 0 heterocycles. The lowest BCUT2D eigenvalue weighted by atomic mass is 9.91. The number of anilines is 1. The molecule has 1 fully saturated rings. The number of alkyl carbamates (subject to hydrolysis) is 1. The summed E-state index contributed by atoms with van der Waals surface area (Å²) in [5, 5.41) is 6.39. The first-order valence-corrected chi connectivity index (χ1v) is 8.25. The van der Waals surface area contributed by atoms with Crippen molar-refractivity contribution in [3.63, 3.8) is 0 Å². The molecular weight excluding hydrogens is 295 g/mol. The van der Waals surface area contributed by atoms with Gasteiger partial charge in [0.15, 0.2) is 0 Å². The second-order valence-electron chi connectivity index (χ2n) is 7.31. The third kappa shape index (κ3) is 5.73. The molecule has 0 aliphatic heterocycles. The van der Waals surface area contributed by atoms with Gasteiger partial charge in [0.05, 0.1) is 0 Å². The Morgan fingerprint density at radius 1 is 1.26 bits per heavy atom. The molecule has 1 amide bonds. The monoisotopic (exact) mass is 322 g/mol. The van der Waals surface area contributed by atoms with Crippen LogP contribution in [0.2, 0.25) is 0 Å². The number of ether oxygens (including phenoxy) is 1. The fourth-order valence-electron chi connectivity index (χ4n) is 2.90. The first-order valence-electron chi connectivity index (χ1n) is 8.25. The van der Waals surface area contributed by atoms with Gasteiger partial charge in [0.2, 0.25) is 0 Å². The summed E-state index contributed by atoms with van der Waals surface area (Å²) in [5.41, 5.74) is 1.07. The van der Waals surface area contributed by atoms with Crippen LogP contribution in [-0.2, 0) is 4.74 Å². The minimum Gasteiger partial charge on any atom is -0.444 e. The standard InChI is InChI=1S/C18H27FN2O2/c1-12-10-15(8-9-16(12)19)20-13-6-5-7-14(11-13)21-17(22)23-18(2,3)4/h8-10,13-14,20H,5-7,11H2,1-4H3,(H,21,22). The molecule has 0 aromatic heterocycles. The number of hydrogen-bond acceptors (Lipinski definition) is 3. The van der Waals surface area contributed by atoms with Gasteiger partial charge < -0.3 is 15.4 Å². The van der Waals surface area contributed by atoms with E-state index in [0.29, 0.717) is 5.56 Å². The van der Waals surface area contributed by atoms with Gasteiger partial charge in [-0.25, -0.2) is 9.18 Å². The Morgan fingerprint density at radius 3 is 2.61 bits per heavy atom. The molecule has 1 aliphatic carbocycles. The number of benzene rings is 1. The topological polar surface area (TPSA) is 50.4 Å². The van der Waals surface area contributed by atoms with Crippen LogP contribution in [0.25, 0.3) is 0 Å². The van der Waals surface area contributed by atoms with Gasteiger partial charge in [-0.2, -0.15) is 0 Å². The van der Waals surface area contributed by atoms with Crippen LogP contribution in [0.1, 0.15) is 52.0 Å². The molecule has 0 saturated heterocycles. The molecule has 1 aliphatic rings. The Hall–Kier alpha value is -1.78. The Balaban J connectivity index is 1.88. The van der Waals surface area contributed by atoms with E-state index in [0.717, 1.165) is 31.4 Å². The maximum absolute atomic E-state index is 13.3. The zero-order chi connectivity index (χ0) is 17.0. The van der Waals surface area contributed by atoms with E-state index in [4.69, 9.17) is 4.74 Å². The van der Waals surface area contributed by atoms with Crippen molar-refractivity contribution in [1.82, 2.24) is 5.32 Å². The second kappa shape index (κ2) is 7.20. The summed E-state index contributed by atoms with van der Waals surface area (Å²) in [6, 6.07) is 5.44. The van der Waals surface area contributed by atoms with Crippen LogP contribution in [0.4, 0.5) is 14.9 Å². The summed E-state index contributed by atoms with van der Waals surface area (Å²) >= 11 is 0. The summed E-state index contributed by atoms with van der Waals surface area (Å²) in [6.07, 6.45) is 3.53. The van der Waals surface area contributed by atoms with E-state index >= 15 is 0 Å². The van der Waals surface area contributed by atoms with Gasteiger partial charge in [-0.15, -0.1) is 0 Å². The molecule has 5 heteroatoms. The first-order chi connectivity index (χ1) is 10.7. The molecule has 2 atom stereocenters. The fourth-order valence-corrected chi connectivity index (χ4v) is 2.90. The molecule has 1 aromatic rings. The molecule has 2 unspecified atom stereocenters. The van der Waals surface area contributed by atoms with Crippen LogP contribution >= 0.6 is 0 Å². The number of rotatable bonds is 3. The van der Waals surface area contributed by atoms with Crippen LogP contribution in [0.3, 0.4) is 0 Å². The Kier molecular flexibility index (Phi) is 5.50. The Bertz CT molecular complexity index is 554. The van der Waals surface area contributed by atoms with Crippen molar-refractivity contribution in [2.24, 2.45) is 0 Å². The summed E-state index contributed by atoms with van der Waals surface area (Å²) < 4.78 is 18.6. The van der Waals surface area contributed by atoms with Crippen molar-refractivity contribution in [2.75, 3.05) is 5.32 Å². The van der Waals surface area contributed by atoms with Crippen LogP contribution in [0.5, 0.6) is 0 Å². The van der Waals surface area contributed by atoms with Gasteiger partial charge >= 0.3 is 6.09 Å². The van der Waals surface area contributed by atoms with Gasteiger partial charge in [-0.3, -0.25) is 0 Å². The van der Waals surface area contributed by atoms with Crippen LogP contribution in [-0.4, -0.2) is 23.8 Å². The van der Waals surface area contributed by atoms with E-state index in [1.54, 1.807) is 13.0 Å². The average Bonchev–Trinajstić information content (AvgIpc) is 2.41. The number of nitrogens with one attached hydrogen (secondary N) is 2.